The van der Waals surface area contributed by atoms with E-state index in [2.05, 4.69) is 0 Å². The van der Waals surface area contributed by atoms with E-state index in [0.29, 0.717) is 0 Å². The smallest absolute Gasteiger partial charge is 0.321 e. The molecule has 1 N–H and O–H groups in total. The van der Waals surface area contributed by atoms with Crippen LogP contribution in [-0.4, -0.2) is 11.1 Å². The molecule has 2 aromatic carbocycles. The van der Waals surface area contributed by atoms with Crippen molar-refractivity contribution in [3.05, 3.63) is 65.7 Å². The third kappa shape index (κ3) is 2.93. The molecule has 0 aromatic heterocycles. The fraction of sp³-hybridized carbons (Fsp3) is 0.133. The topological polar surface area (TPSA) is 37.3 Å². The van der Waals surface area contributed by atoms with Crippen LogP contribution in [0.1, 0.15) is 16.4 Å². The molecule has 0 fully saturated rings. The van der Waals surface area contributed by atoms with Gasteiger partial charge in [0, 0.05) is 4.90 Å². The lowest BCUT2D eigenvalue weighted by Gasteiger charge is -2.13. The van der Waals surface area contributed by atoms with Gasteiger partial charge in [0.05, 0.1) is 0 Å². The quantitative estimate of drug-likeness (QED) is 0.845. The van der Waals surface area contributed by atoms with E-state index in [1.807, 2.05) is 61.5 Å². The minimum Gasteiger partial charge on any atom is -0.480 e. The third-order valence-electron chi connectivity index (χ3n) is 2.67. The van der Waals surface area contributed by atoms with Crippen molar-refractivity contribution >= 4 is 17.7 Å². The number of rotatable bonds is 4. The van der Waals surface area contributed by atoms with Crippen LogP contribution in [0.15, 0.2) is 59.5 Å². The fourth-order valence-corrected chi connectivity index (χ4v) is 2.76. The summed E-state index contributed by atoms with van der Waals surface area (Å²) in [5, 5.41) is 8.80. The molecule has 0 unspecified atom stereocenters. The van der Waals surface area contributed by atoms with Crippen molar-refractivity contribution in [3.8, 4) is 0 Å². The number of carboxylic acid groups (broad SMARTS) is 1. The summed E-state index contributed by atoms with van der Waals surface area (Å²) in [4.78, 5) is 12.4. The summed E-state index contributed by atoms with van der Waals surface area (Å²) >= 11 is 1.38. The summed E-state index contributed by atoms with van der Waals surface area (Å²) in [6.45, 7) is 1.99. The Morgan fingerprint density at radius 3 is 2.28 bits per heavy atom. The molecule has 0 aliphatic rings. The van der Waals surface area contributed by atoms with Crippen molar-refractivity contribution in [3.63, 3.8) is 0 Å². The SMILES string of the molecule is Cc1ccccc1S[C@@H](C(=O)O)c1ccccc1. The Kier molecular flexibility index (Phi) is 4.05. The number of carbonyl (C=O) groups is 1. The van der Waals surface area contributed by atoms with Gasteiger partial charge < -0.3 is 5.11 Å². The van der Waals surface area contributed by atoms with Crippen molar-refractivity contribution in [2.24, 2.45) is 0 Å². The highest BCUT2D eigenvalue weighted by Crippen LogP contribution is 2.36. The molecule has 0 heterocycles. The van der Waals surface area contributed by atoms with Crippen LogP contribution >= 0.6 is 11.8 Å². The molecule has 0 saturated heterocycles. The van der Waals surface area contributed by atoms with Gasteiger partial charge in [-0.2, -0.15) is 0 Å². The van der Waals surface area contributed by atoms with Crippen LogP contribution in [0.25, 0.3) is 0 Å². The van der Waals surface area contributed by atoms with Gasteiger partial charge in [0.2, 0.25) is 0 Å². The van der Waals surface area contributed by atoms with Gasteiger partial charge in [-0.1, -0.05) is 48.5 Å². The standard InChI is InChI=1S/C15H14O2S/c1-11-7-5-6-10-13(11)18-14(15(16)17)12-8-3-2-4-9-12/h2-10,14H,1H3,(H,16,17)/t14-/m1/s1. The largest absolute Gasteiger partial charge is 0.480 e. The van der Waals surface area contributed by atoms with Gasteiger partial charge in [-0.05, 0) is 24.1 Å². The Morgan fingerprint density at radius 1 is 1.06 bits per heavy atom. The molecular formula is C15H14O2S. The summed E-state index contributed by atoms with van der Waals surface area (Å²) in [7, 11) is 0. The van der Waals surface area contributed by atoms with Crippen molar-refractivity contribution < 1.29 is 9.90 Å². The van der Waals surface area contributed by atoms with E-state index in [-0.39, 0.29) is 0 Å². The maximum Gasteiger partial charge on any atom is 0.321 e. The van der Waals surface area contributed by atoms with Crippen LogP contribution in [-0.2, 0) is 4.79 Å². The second-order valence-electron chi connectivity index (χ2n) is 4.01. The third-order valence-corrected chi connectivity index (χ3v) is 4.09. The highest BCUT2D eigenvalue weighted by molar-refractivity contribution is 8.00. The molecule has 2 nitrogen and oxygen atoms in total. The van der Waals surface area contributed by atoms with Crippen LogP contribution < -0.4 is 0 Å². The average Bonchev–Trinajstić information content (AvgIpc) is 2.38. The van der Waals surface area contributed by atoms with Crippen LogP contribution in [0.3, 0.4) is 0 Å². The van der Waals surface area contributed by atoms with E-state index >= 15 is 0 Å². The van der Waals surface area contributed by atoms with Crippen LogP contribution in [0, 0.1) is 6.92 Å². The molecule has 1 atom stereocenters. The maximum atomic E-state index is 11.4. The van der Waals surface area contributed by atoms with Crippen LogP contribution in [0.2, 0.25) is 0 Å². The highest BCUT2D eigenvalue weighted by atomic mass is 32.2. The molecule has 2 rings (SSSR count). The molecule has 2 aromatic rings. The van der Waals surface area contributed by atoms with Gasteiger partial charge in [-0.25, -0.2) is 0 Å². The zero-order chi connectivity index (χ0) is 13.0. The Hall–Kier alpha value is -1.74. The Labute approximate surface area is 111 Å². The highest BCUT2D eigenvalue weighted by Gasteiger charge is 2.21. The molecule has 92 valence electrons. The molecular weight excluding hydrogens is 244 g/mol. The molecule has 0 aliphatic heterocycles. The van der Waals surface area contributed by atoms with Crippen molar-refractivity contribution in [2.75, 3.05) is 0 Å². The Balaban J connectivity index is 2.28. The summed E-state index contributed by atoms with van der Waals surface area (Å²) in [5.41, 5.74) is 1.92. The van der Waals surface area contributed by atoms with Gasteiger partial charge in [-0.3, -0.25) is 4.79 Å². The number of carboxylic acids is 1. The first-order valence-electron chi connectivity index (χ1n) is 5.68. The van der Waals surface area contributed by atoms with Crippen molar-refractivity contribution in [2.45, 2.75) is 17.1 Å². The zero-order valence-electron chi connectivity index (χ0n) is 10.0. The van der Waals surface area contributed by atoms with Crippen molar-refractivity contribution in [1.29, 1.82) is 0 Å². The molecule has 0 spiro atoms. The van der Waals surface area contributed by atoms with E-state index in [4.69, 9.17) is 0 Å². The van der Waals surface area contributed by atoms with Gasteiger partial charge >= 0.3 is 5.97 Å². The second-order valence-corrected chi connectivity index (χ2v) is 5.16. The molecule has 0 aliphatic carbocycles. The van der Waals surface area contributed by atoms with E-state index in [1.165, 1.54) is 11.8 Å². The monoisotopic (exact) mass is 258 g/mol. The predicted octanol–water partition coefficient (Wildman–Crippen LogP) is 3.91. The molecule has 0 bridgehead atoms. The van der Waals surface area contributed by atoms with E-state index in [1.54, 1.807) is 0 Å². The van der Waals surface area contributed by atoms with E-state index in [0.717, 1.165) is 16.0 Å². The van der Waals surface area contributed by atoms with E-state index < -0.39 is 11.2 Å². The first-order valence-corrected chi connectivity index (χ1v) is 6.56. The predicted molar refractivity (Wildman–Crippen MR) is 73.9 cm³/mol. The zero-order valence-corrected chi connectivity index (χ0v) is 10.9. The van der Waals surface area contributed by atoms with Gasteiger partial charge in [0.1, 0.15) is 5.25 Å². The molecule has 18 heavy (non-hydrogen) atoms. The van der Waals surface area contributed by atoms with Gasteiger partial charge in [-0.15, -0.1) is 11.8 Å². The Morgan fingerprint density at radius 2 is 1.67 bits per heavy atom. The second kappa shape index (κ2) is 5.74. The normalized spacial score (nSPS) is 12.1. The number of aryl methyl sites for hydroxylation is 1. The number of hydrogen-bond acceptors (Lipinski definition) is 2. The minimum absolute atomic E-state index is 0.563. The first kappa shape index (κ1) is 12.7. The van der Waals surface area contributed by atoms with E-state index in [9.17, 15) is 9.90 Å². The van der Waals surface area contributed by atoms with Gasteiger partial charge in [0.15, 0.2) is 0 Å². The van der Waals surface area contributed by atoms with Crippen LogP contribution in [0.5, 0.6) is 0 Å². The maximum absolute atomic E-state index is 11.4. The summed E-state index contributed by atoms with van der Waals surface area (Å²) < 4.78 is 0. The number of benzene rings is 2. The number of hydrogen-bond donors (Lipinski definition) is 1. The summed E-state index contributed by atoms with van der Waals surface area (Å²) in [6.07, 6.45) is 0. The lowest BCUT2D eigenvalue weighted by Crippen LogP contribution is -2.07. The minimum atomic E-state index is -0.811. The lowest BCUT2D eigenvalue weighted by atomic mass is 10.1. The number of thioether (sulfide) groups is 1. The molecule has 3 heteroatoms. The van der Waals surface area contributed by atoms with Crippen molar-refractivity contribution in [1.82, 2.24) is 0 Å². The summed E-state index contributed by atoms with van der Waals surface area (Å²) in [5.74, 6) is -0.811. The first-order chi connectivity index (χ1) is 8.68. The number of aliphatic carboxylic acids is 1. The lowest BCUT2D eigenvalue weighted by molar-refractivity contribution is -0.136. The molecule has 0 amide bonds. The fourth-order valence-electron chi connectivity index (χ4n) is 1.70. The molecule has 0 saturated carbocycles. The van der Waals surface area contributed by atoms with Gasteiger partial charge in [0.25, 0.3) is 0 Å². The van der Waals surface area contributed by atoms with Crippen LogP contribution in [0.4, 0.5) is 0 Å². The summed E-state index contributed by atoms with van der Waals surface area (Å²) in [6, 6.07) is 17.2. The molecule has 0 radical (unpaired) electrons. The average molecular weight is 258 g/mol. The Bertz CT molecular complexity index is 537.